The minimum atomic E-state index is -1.21. The van der Waals surface area contributed by atoms with Crippen LogP contribution in [0, 0.1) is 0 Å². The highest BCUT2D eigenvalue weighted by Crippen LogP contribution is 2.18. The van der Waals surface area contributed by atoms with Gasteiger partial charge >= 0.3 is 5.97 Å². The normalized spacial score (nSPS) is 18.8. The van der Waals surface area contributed by atoms with Gasteiger partial charge in [-0.3, -0.25) is 19.4 Å². The highest BCUT2D eigenvalue weighted by molar-refractivity contribution is 5.94. The average Bonchev–Trinajstić information content (AvgIpc) is 3.18. The molecule has 1 aliphatic heterocycles. The van der Waals surface area contributed by atoms with E-state index in [4.69, 9.17) is 22.3 Å². The Labute approximate surface area is 174 Å². The zero-order valence-corrected chi connectivity index (χ0v) is 16.9. The maximum absolute atomic E-state index is 12.7. The molecule has 3 amide bonds. The van der Waals surface area contributed by atoms with Gasteiger partial charge in [-0.25, -0.2) is 4.79 Å². The number of amides is 3. The standard InChI is InChI=1S/C17H31N7O6/c1-9(15(28)24-7-3-5-12(24)16(29)30)22-14(27)11(4-2-6-21-17(19)20)23-13(26)10(18)8-25/h9-12,25H,2-8,18H2,1H3,(H,22,27)(H,23,26)(H,29,30)(H4,19,20,21)/t9-,10-,11-,12-/m0/s1. The lowest BCUT2D eigenvalue weighted by atomic mass is 10.1. The molecular formula is C17H31N7O6. The second-order valence-corrected chi connectivity index (χ2v) is 7.06. The molecule has 0 saturated carbocycles. The van der Waals surface area contributed by atoms with Gasteiger partial charge in [-0.1, -0.05) is 0 Å². The Morgan fingerprint density at radius 3 is 2.43 bits per heavy atom. The number of nitrogens with zero attached hydrogens (tertiary/aromatic N) is 2. The summed E-state index contributed by atoms with van der Waals surface area (Å²) in [6.45, 7) is 1.35. The van der Waals surface area contributed by atoms with E-state index >= 15 is 0 Å². The highest BCUT2D eigenvalue weighted by Gasteiger charge is 2.36. The van der Waals surface area contributed by atoms with Crippen molar-refractivity contribution in [2.24, 2.45) is 22.2 Å². The Morgan fingerprint density at radius 2 is 1.87 bits per heavy atom. The van der Waals surface area contributed by atoms with Crippen LogP contribution < -0.4 is 27.8 Å². The monoisotopic (exact) mass is 429 g/mol. The van der Waals surface area contributed by atoms with Crippen LogP contribution in [-0.4, -0.2) is 88.6 Å². The third-order valence-electron chi connectivity index (χ3n) is 4.66. The van der Waals surface area contributed by atoms with E-state index in [1.54, 1.807) is 0 Å². The lowest BCUT2D eigenvalue weighted by molar-refractivity contribution is -0.149. The van der Waals surface area contributed by atoms with Crippen LogP contribution in [0.5, 0.6) is 0 Å². The summed E-state index contributed by atoms with van der Waals surface area (Å²) in [5.41, 5.74) is 16.0. The molecule has 1 fully saturated rings. The van der Waals surface area contributed by atoms with Crippen molar-refractivity contribution in [3.63, 3.8) is 0 Å². The number of carbonyl (C=O) groups is 4. The lowest BCUT2D eigenvalue weighted by Crippen LogP contribution is -2.56. The number of aliphatic hydroxyl groups excluding tert-OH is 1. The molecule has 170 valence electrons. The van der Waals surface area contributed by atoms with Crippen LogP contribution in [0.25, 0.3) is 0 Å². The van der Waals surface area contributed by atoms with E-state index in [9.17, 15) is 24.3 Å². The predicted molar refractivity (Wildman–Crippen MR) is 107 cm³/mol. The van der Waals surface area contributed by atoms with Crippen molar-refractivity contribution in [3.8, 4) is 0 Å². The van der Waals surface area contributed by atoms with Gasteiger partial charge in [0.15, 0.2) is 5.96 Å². The minimum Gasteiger partial charge on any atom is -0.480 e. The molecule has 1 rings (SSSR count). The number of nitrogens with two attached hydrogens (primary N) is 3. The van der Waals surface area contributed by atoms with Crippen molar-refractivity contribution in [3.05, 3.63) is 0 Å². The molecule has 0 unspecified atom stereocenters. The molecule has 0 spiro atoms. The van der Waals surface area contributed by atoms with E-state index in [2.05, 4.69) is 15.6 Å². The number of likely N-dealkylation sites (tertiary alicyclic amines) is 1. The topological polar surface area (TPSA) is 226 Å². The van der Waals surface area contributed by atoms with Crippen molar-refractivity contribution in [2.45, 2.75) is 56.8 Å². The fraction of sp³-hybridized carbons (Fsp3) is 0.706. The second-order valence-electron chi connectivity index (χ2n) is 7.06. The highest BCUT2D eigenvalue weighted by atomic mass is 16.4. The third kappa shape index (κ3) is 7.48. The van der Waals surface area contributed by atoms with Gasteiger partial charge in [0.25, 0.3) is 0 Å². The fourth-order valence-electron chi connectivity index (χ4n) is 3.05. The van der Waals surface area contributed by atoms with Crippen molar-refractivity contribution in [1.29, 1.82) is 0 Å². The maximum atomic E-state index is 12.7. The Bertz CT molecular complexity index is 667. The minimum absolute atomic E-state index is 0.111. The van der Waals surface area contributed by atoms with Crippen LogP contribution in [0.3, 0.4) is 0 Å². The number of carbonyl (C=O) groups excluding carboxylic acids is 3. The first-order valence-corrected chi connectivity index (χ1v) is 9.64. The average molecular weight is 429 g/mol. The van der Waals surface area contributed by atoms with Gasteiger partial charge in [0.2, 0.25) is 17.7 Å². The predicted octanol–water partition coefficient (Wildman–Crippen LogP) is -3.58. The van der Waals surface area contributed by atoms with Crippen molar-refractivity contribution < 1.29 is 29.4 Å². The molecule has 13 heteroatoms. The van der Waals surface area contributed by atoms with Gasteiger partial charge < -0.3 is 42.9 Å². The molecule has 10 N–H and O–H groups in total. The molecule has 1 aliphatic rings. The van der Waals surface area contributed by atoms with E-state index in [0.717, 1.165) is 0 Å². The molecule has 0 aromatic heterocycles. The quantitative estimate of drug-likeness (QED) is 0.0977. The first-order valence-electron chi connectivity index (χ1n) is 9.64. The summed E-state index contributed by atoms with van der Waals surface area (Å²) in [6.07, 6.45) is 1.41. The largest absolute Gasteiger partial charge is 0.480 e. The van der Waals surface area contributed by atoms with E-state index in [1.165, 1.54) is 11.8 Å². The zero-order valence-electron chi connectivity index (χ0n) is 16.9. The number of hydrogen-bond donors (Lipinski definition) is 7. The molecule has 0 bridgehead atoms. The molecule has 0 radical (unpaired) electrons. The number of aliphatic hydroxyl groups is 1. The smallest absolute Gasteiger partial charge is 0.326 e. The third-order valence-corrected chi connectivity index (χ3v) is 4.66. The van der Waals surface area contributed by atoms with Crippen LogP contribution in [-0.2, 0) is 19.2 Å². The zero-order chi connectivity index (χ0) is 22.8. The van der Waals surface area contributed by atoms with Gasteiger partial charge in [-0.15, -0.1) is 0 Å². The van der Waals surface area contributed by atoms with Crippen LogP contribution in [0.2, 0.25) is 0 Å². The summed E-state index contributed by atoms with van der Waals surface area (Å²) in [7, 11) is 0. The molecular weight excluding hydrogens is 398 g/mol. The van der Waals surface area contributed by atoms with Crippen molar-refractivity contribution in [1.82, 2.24) is 15.5 Å². The SMILES string of the molecule is C[C@H](NC(=O)[C@H](CCCN=C(N)N)NC(=O)[C@@H](N)CO)C(=O)N1CCC[C@H]1C(=O)O. The molecule has 0 aromatic carbocycles. The van der Waals surface area contributed by atoms with Gasteiger partial charge in [0.05, 0.1) is 6.61 Å². The Balaban J connectivity index is 2.78. The summed E-state index contributed by atoms with van der Waals surface area (Å²) >= 11 is 0. The Kier molecular flexibility index (Phi) is 9.98. The number of aliphatic imine (C=N–C) groups is 1. The fourth-order valence-corrected chi connectivity index (χ4v) is 3.05. The second kappa shape index (κ2) is 11.9. The number of carboxylic acid groups (broad SMARTS) is 1. The molecule has 30 heavy (non-hydrogen) atoms. The van der Waals surface area contributed by atoms with Gasteiger partial charge in [-0.05, 0) is 32.6 Å². The first-order chi connectivity index (χ1) is 14.1. The summed E-state index contributed by atoms with van der Waals surface area (Å²) in [5.74, 6) is -3.11. The number of rotatable bonds is 11. The summed E-state index contributed by atoms with van der Waals surface area (Å²) in [4.78, 5) is 53.6. The number of guanidine groups is 1. The van der Waals surface area contributed by atoms with Gasteiger partial charge in [0.1, 0.15) is 24.2 Å². The number of carboxylic acids is 1. The van der Waals surface area contributed by atoms with E-state index in [0.29, 0.717) is 25.8 Å². The van der Waals surface area contributed by atoms with Crippen LogP contribution in [0.1, 0.15) is 32.6 Å². The van der Waals surface area contributed by atoms with E-state index < -0.39 is 54.5 Å². The summed E-state index contributed by atoms with van der Waals surface area (Å²) in [6, 6.07) is -4.18. The van der Waals surface area contributed by atoms with Crippen LogP contribution >= 0.6 is 0 Å². The Morgan fingerprint density at radius 1 is 1.20 bits per heavy atom. The molecule has 0 aromatic rings. The molecule has 0 aliphatic carbocycles. The number of aliphatic carboxylic acids is 1. The molecule has 1 saturated heterocycles. The lowest BCUT2D eigenvalue weighted by Gasteiger charge is -2.27. The van der Waals surface area contributed by atoms with Crippen molar-refractivity contribution >= 4 is 29.7 Å². The summed E-state index contributed by atoms with van der Waals surface area (Å²) in [5, 5.41) is 23.2. The summed E-state index contributed by atoms with van der Waals surface area (Å²) < 4.78 is 0. The molecule has 4 atom stereocenters. The van der Waals surface area contributed by atoms with Crippen LogP contribution in [0.15, 0.2) is 4.99 Å². The van der Waals surface area contributed by atoms with Crippen LogP contribution in [0.4, 0.5) is 0 Å². The van der Waals surface area contributed by atoms with E-state index in [-0.39, 0.29) is 18.9 Å². The first kappa shape index (κ1) is 25.1. The van der Waals surface area contributed by atoms with Crippen molar-refractivity contribution in [2.75, 3.05) is 19.7 Å². The maximum Gasteiger partial charge on any atom is 0.326 e. The van der Waals surface area contributed by atoms with Gasteiger partial charge in [-0.2, -0.15) is 0 Å². The van der Waals surface area contributed by atoms with E-state index in [1.807, 2.05) is 0 Å². The Hall–Kier alpha value is -2.93. The molecule has 13 nitrogen and oxygen atoms in total. The number of hydrogen-bond acceptors (Lipinski definition) is 7. The molecule has 1 heterocycles. The van der Waals surface area contributed by atoms with Gasteiger partial charge in [0, 0.05) is 13.1 Å². The number of nitrogens with one attached hydrogen (secondary N) is 2.